The molecule has 2 aliphatic heterocycles. The van der Waals surface area contributed by atoms with E-state index in [0.29, 0.717) is 37.8 Å². The Bertz CT molecular complexity index is 933. The SMILES string of the molecule is COc1ccc(Oc2ccc([N+](=O)[O-])cc2C(=O)N2CCC(C3OCCO3)CC2)cc1. The fraction of sp³-hybridized carbons (Fsp3) is 0.409. The molecule has 164 valence electrons. The summed E-state index contributed by atoms with van der Waals surface area (Å²) in [5.74, 6) is 1.39. The second-order valence-corrected chi connectivity index (χ2v) is 7.45. The van der Waals surface area contributed by atoms with E-state index < -0.39 is 4.92 Å². The van der Waals surface area contributed by atoms with Gasteiger partial charge in [0.05, 0.1) is 30.8 Å². The van der Waals surface area contributed by atoms with Crippen molar-refractivity contribution in [3.05, 3.63) is 58.1 Å². The number of nitrogens with zero attached hydrogens (tertiary/aromatic N) is 2. The van der Waals surface area contributed by atoms with Crippen LogP contribution in [0.1, 0.15) is 23.2 Å². The summed E-state index contributed by atoms with van der Waals surface area (Å²) < 4.78 is 22.2. The molecule has 9 heteroatoms. The Morgan fingerprint density at radius 1 is 1.06 bits per heavy atom. The van der Waals surface area contributed by atoms with Gasteiger partial charge in [0.25, 0.3) is 11.6 Å². The summed E-state index contributed by atoms with van der Waals surface area (Å²) in [6.45, 7) is 2.25. The topological polar surface area (TPSA) is 100 Å². The van der Waals surface area contributed by atoms with Crippen molar-refractivity contribution in [2.75, 3.05) is 33.4 Å². The van der Waals surface area contributed by atoms with Crippen LogP contribution in [0.25, 0.3) is 0 Å². The maximum absolute atomic E-state index is 13.3. The molecule has 2 aromatic rings. The quantitative estimate of drug-likeness (QED) is 0.512. The molecule has 0 aliphatic carbocycles. The van der Waals surface area contributed by atoms with Gasteiger partial charge < -0.3 is 23.8 Å². The van der Waals surface area contributed by atoms with Crippen LogP contribution in [0.2, 0.25) is 0 Å². The number of nitro groups is 1. The van der Waals surface area contributed by atoms with E-state index in [-0.39, 0.29) is 35.1 Å². The summed E-state index contributed by atoms with van der Waals surface area (Å²) in [5.41, 5.74) is 0.00454. The fourth-order valence-electron chi connectivity index (χ4n) is 3.85. The van der Waals surface area contributed by atoms with Gasteiger partial charge in [-0.15, -0.1) is 0 Å². The zero-order chi connectivity index (χ0) is 21.8. The van der Waals surface area contributed by atoms with E-state index in [1.807, 2.05) is 0 Å². The summed E-state index contributed by atoms with van der Waals surface area (Å²) in [6.07, 6.45) is 1.30. The summed E-state index contributed by atoms with van der Waals surface area (Å²) >= 11 is 0. The predicted molar refractivity (Wildman–Crippen MR) is 110 cm³/mol. The molecule has 0 unspecified atom stereocenters. The number of carbonyl (C=O) groups excluding carboxylic acids is 1. The minimum absolute atomic E-state index is 0.159. The lowest BCUT2D eigenvalue weighted by atomic mass is 9.95. The Kier molecular flexibility index (Phi) is 6.34. The number of amides is 1. The fourth-order valence-corrected chi connectivity index (χ4v) is 3.85. The minimum Gasteiger partial charge on any atom is -0.497 e. The Labute approximate surface area is 179 Å². The molecule has 0 aromatic heterocycles. The first kappa shape index (κ1) is 21.1. The van der Waals surface area contributed by atoms with Gasteiger partial charge >= 0.3 is 0 Å². The molecular weight excluding hydrogens is 404 g/mol. The van der Waals surface area contributed by atoms with Gasteiger partial charge in [0.15, 0.2) is 6.29 Å². The van der Waals surface area contributed by atoms with E-state index in [4.69, 9.17) is 18.9 Å². The van der Waals surface area contributed by atoms with Gasteiger partial charge in [0.1, 0.15) is 17.2 Å². The van der Waals surface area contributed by atoms with Crippen LogP contribution in [0.5, 0.6) is 17.2 Å². The van der Waals surface area contributed by atoms with Gasteiger partial charge in [-0.2, -0.15) is 0 Å². The van der Waals surface area contributed by atoms with Crippen LogP contribution >= 0.6 is 0 Å². The number of likely N-dealkylation sites (tertiary alicyclic amines) is 1. The smallest absolute Gasteiger partial charge is 0.270 e. The van der Waals surface area contributed by atoms with E-state index >= 15 is 0 Å². The number of nitro benzene ring substituents is 1. The highest BCUT2D eigenvalue weighted by atomic mass is 16.7. The number of methoxy groups -OCH3 is 1. The van der Waals surface area contributed by atoms with E-state index in [1.54, 1.807) is 36.3 Å². The van der Waals surface area contributed by atoms with Gasteiger partial charge in [0.2, 0.25) is 0 Å². The monoisotopic (exact) mass is 428 g/mol. The van der Waals surface area contributed by atoms with Crippen molar-refractivity contribution >= 4 is 11.6 Å². The van der Waals surface area contributed by atoms with Crippen molar-refractivity contribution in [3.8, 4) is 17.2 Å². The van der Waals surface area contributed by atoms with Crippen molar-refractivity contribution in [1.82, 2.24) is 4.90 Å². The molecule has 31 heavy (non-hydrogen) atoms. The molecule has 2 aliphatic rings. The van der Waals surface area contributed by atoms with Crippen molar-refractivity contribution in [3.63, 3.8) is 0 Å². The first-order chi connectivity index (χ1) is 15.0. The first-order valence-corrected chi connectivity index (χ1v) is 10.2. The van der Waals surface area contributed by atoms with Crippen molar-refractivity contribution in [2.24, 2.45) is 5.92 Å². The second kappa shape index (κ2) is 9.32. The Hall–Kier alpha value is -3.17. The Morgan fingerprint density at radius 3 is 2.32 bits per heavy atom. The molecule has 2 saturated heterocycles. The van der Waals surface area contributed by atoms with E-state index in [2.05, 4.69) is 0 Å². The number of hydrogen-bond acceptors (Lipinski definition) is 7. The van der Waals surface area contributed by atoms with Gasteiger partial charge in [-0.1, -0.05) is 0 Å². The number of ether oxygens (including phenoxy) is 4. The summed E-state index contributed by atoms with van der Waals surface area (Å²) in [6, 6.07) is 11.0. The van der Waals surface area contributed by atoms with Crippen LogP contribution in [0.4, 0.5) is 5.69 Å². The molecule has 0 bridgehead atoms. The minimum atomic E-state index is -0.519. The third-order valence-corrected chi connectivity index (χ3v) is 5.55. The number of hydrogen-bond donors (Lipinski definition) is 0. The highest BCUT2D eigenvalue weighted by molar-refractivity contribution is 5.97. The van der Waals surface area contributed by atoms with Gasteiger partial charge in [-0.3, -0.25) is 14.9 Å². The molecule has 2 aromatic carbocycles. The van der Waals surface area contributed by atoms with Crippen LogP contribution in [-0.2, 0) is 9.47 Å². The molecule has 0 radical (unpaired) electrons. The molecule has 0 atom stereocenters. The van der Waals surface area contributed by atoms with Gasteiger partial charge in [-0.05, 0) is 43.2 Å². The summed E-state index contributed by atoms with van der Waals surface area (Å²) in [4.78, 5) is 25.7. The number of benzene rings is 2. The van der Waals surface area contributed by atoms with Crippen molar-refractivity contribution < 1.29 is 28.7 Å². The highest BCUT2D eigenvalue weighted by Crippen LogP contribution is 2.32. The molecule has 0 N–H and O–H groups in total. The first-order valence-electron chi connectivity index (χ1n) is 10.2. The molecule has 0 saturated carbocycles. The molecule has 4 rings (SSSR count). The average molecular weight is 428 g/mol. The molecule has 1 amide bonds. The van der Waals surface area contributed by atoms with Crippen molar-refractivity contribution in [2.45, 2.75) is 19.1 Å². The van der Waals surface area contributed by atoms with Gasteiger partial charge in [-0.25, -0.2) is 0 Å². The van der Waals surface area contributed by atoms with Crippen LogP contribution < -0.4 is 9.47 Å². The number of piperidine rings is 1. The molecule has 2 heterocycles. The summed E-state index contributed by atoms with van der Waals surface area (Å²) in [5, 5.41) is 11.3. The van der Waals surface area contributed by atoms with Crippen LogP contribution in [0.3, 0.4) is 0 Å². The largest absolute Gasteiger partial charge is 0.497 e. The lowest BCUT2D eigenvalue weighted by Crippen LogP contribution is -2.41. The van der Waals surface area contributed by atoms with Crippen molar-refractivity contribution in [1.29, 1.82) is 0 Å². The number of non-ortho nitro benzene ring substituents is 1. The van der Waals surface area contributed by atoms with E-state index in [1.165, 1.54) is 18.2 Å². The molecule has 0 spiro atoms. The highest BCUT2D eigenvalue weighted by Gasteiger charge is 2.33. The number of rotatable bonds is 6. The third kappa shape index (κ3) is 4.78. The maximum Gasteiger partial charge on any atom is 0.270 e. The van der Waals surface area contributed by atoms with Crippen LogP contribution in [-0.4, -0.2) is 55.4 Å². The average Bonchev–Trinajstić information content (AvgIpc) is 3.34. The zero-order valence-electron chi connectivity index (χ0n) is 17.2. The Morgan fingerprint density at radius 2 is 1.71 bits per heavy atom. The Balaban J connectivity index is 1.52. The normalized spacial score (nSPS) is 17.5. The maximum atomic E-state index is 13.3. The predicted octanol–water partition coefficient (Wildman–Crippen LogP) is 3.62. The van der Waals surface area contributed by atoms with Gasteiger partial charge in [0, 0.05) is 31.1 Å². The molecular formula is C22H24N2O7. The second-order valence-electron chi connectivity index (χ2n) is 7.45. The zero-order valence-corrected chi connectivity index (χ0v) is 17.2. The molecule has 2 fully saturated rings. The number of carbonyl (C=O) groups is 1. The van der Waals surface area contributed by atoms with E-state index in [9.17, 15) is 14.9 Å². The summed E-state index contributed by atoms with van der Waals surface area (Å²) in [7, 11) is 1.57. The van der Waals surface area contributed by atoms with E-state index in [0.717, 1.165) is 12.8 Å². The molecule has 9 nitrogen and oxygen atoms in total. The lowest BCUT2D eigenvalue weighted by molar-refractivity contribution is -0.384. The van der Waals surface area contributed by atoms with Crippen LogP contribution in [0.15, 0.2) is 42.5 Å². The van der Waals surface area contributed by atoms with Crippen LogP contribution in [0, 0.1) is 16.0 Å². The standard InChI is InChI=1S/C22H24N2O7/c1-28-17-3-5-18(6-4-17)31-20-7-2-16(24(26)27)14-19(20)21(25)23-10-8-15(9-11-23)22-29-12-13-30-22/h2-7,14-15,22H,8-13H2,1H3. The lowest BCUT2D eigenvalue weighted by Gasteiger charge is -2.34. The third-order valence-electron chi connectivity index (χ3n) is 5.55.